The smallest absolute Gasteiger partial charge is 0.264 e. The summed E-state index contributed by atoms with van der Waals surface area (Å²) in [5, 5.41) is 3.62. The van der Waals surface area contributed by atoms with Crippen LogP contribution in [0.1, 0.15) is 51.5 Å². The summed E-state index contributed by atoms with van der Waals surface area (Å²) in [6.07, 6.45) is 7.87. The van der Waals surface area contributed by atoms with E-state index in [1.54, 1.807) is 7.11 Å². The minimum absolute atomic E-state index is 0.0879. The molecular weight excluding hydrogens is 360 g/mol. The molecule has 3 rings (SSSR count). The van der Waals surface area contributed by atoms with Crippen molar-refractivity contribution >= 4 is 28.9 Å². The van der Waals surface area contributed by atoms with Gasteiger partial charge < -0.3 is 14.8 Å². The van der Waals surface area contributed by atoms with Gasteiger partial charge in [-0.05, 0) is 54.3 Å². The van der Waals surface area contributed by atoms with E-state index in [2.05, 4.69) is 19.2 Å². The molecule has 0 atom stereocenters. The van der Waals surface area contributed by atoms with E-state index in [-0.39, 0.29) is 5.91 Å². The Morgan fingerprint density at radius 3 is 2.74 bits per heavy atom. The number of rotatable bonds is 6. The highest BCUT2D eigenvalue weighted by Crippen LogP contribution is 2.32. The van der Waals surface area contributed by atoms with Gasteiger partial charge in [0, 0.05) is 0 Å². The van der Waals surface area contributed by atoms with Crippen molar-refractivity contribution in [2.24, 2.45) is 10.9 Å². The van der Waals surface area contributed by atoms with Crippen LogP contribution in [0.2, 0.25) is 0 Å². The summed E-state index contributed by atoms with van der Waals surface area (Å²) in [6, 6.07) is 6.06. The van der Waals surface area contributed by atoms with Gasteiger partial charge in [-0.1, -0.05) is 39.2 Å². The van der Waals surface area contributed by atoms with Crippen LogP contribution in [0.15, 0.2) is 28.1 Å². The Kier molecular flexibility index (Phi) is 6.83. The summed E-state index contributed by atoms with van der Waals surface area (Å²) in [5.74, 6) is 1.72. The van der Waals surface area contributed by atoms with Gasteiger partial charge in [0.15, 0.2) is 16.7 Å². The second kappa shape index (κ2) is 9.31. The Bertz CT molecular complexity index is 737. The molecule has 0 aromatic heterocycles. The molecule has 5 nitrogen and oxygen atoms in total. The first-order valence-corrected chi connectivity index (χ1v) is 10.5. The van der Waals surface area contributed by atoms with E-state index >= 15 is 0 Å². The summed E-state index contributed by atoms with van der Waals surface area (Å²) in [5.41, 5.74) is 0.908. The normalized spacial score (nSPS) is 21.1. The highest BCUT2D eigenvalue weighted by molar-refractivity contribution is 8.18. The van der Waals surface area contributed by atoms with Gasteiger partial charge in [0.2, 0.25) is 0 Å². The summed E-state index contributed by atoms with van der Waals surface area (Å²) in [4.78, 5) is 17.7. The Morgan fingerprint density at radius 2 is 2.04 bits per heavy atom. The molecule has 1 saturated carbocycles. The topological polar surface area (TPSA) is 59.9 Å². The highest BCUT2D eigenvalue weighted by Gasteiger charge is 2.25. The van der Waals surface area contributed by atoms with Gasteiger partial charge in [0.05, 0.1) is 24.7 Å². The fraction of sp³-hybridized carbons (Fsp3) is 0.524. The molecule has 0 unspecified atom stereocenters. The Morgan fingerprint density at radius 1 is 1.26 bits per heavy atom. The number of hydrogen-bond donors (Lipinski definition) is 1. The number of benzene rings is 1. The summed E-state index contributed by atoms with van der Waals surface area (Å²) in [7, 11) is 1.63. The van der Waals surface area contributed by atoms with E-state index in [4.69, 9.17) is 14.5 Å². The van der Waals surface area contributed by atoms with Crippen LogP contribution < -0.4 is 14.8 Å². The number of amides is 1. The van der Waals surface area contributed by atoms with Crippen LogP contribution in [0.25, 0.3) is 6.08 Å². The fourth-order valence-corrected chi connectivity index (χ4v) is 4.06. The van der Waals surface area contributed by atoms with Gasteiger partial charge in [0.1, 0.15) is 0 Å². The average Bonchev–Trinajstić information content (AvgIpc) is 2.99. The maximum atomic E-state index is 12.3. The molecule has 146 valence electrons. The number of amidine groups is 1. The summed E-state index contributed by atoms with van der Waals surface area (Å²) >= 11 is 1.42. The lowest BCUT2D eigenvalue weighted by molar-refractivity contribution is -0.115. The van der Waals surface area contributed by atoms with Gasteiger partial charge in [0.25, 0.3) is 5.91 Å². The first kappa shape index (κ1) is 19.8. The molecule has 6 heteroatoms. The number of carbonyl (C=O) groups excluding carboxylic acids is 1. The second-order valence-corrected chi connectivity index (χ2v) is 8.44. The zero-order valence-corrected chi connectivity index (χ0v) is 17.1. The number of aliphatic imine (C=N–C) groups is 1. The van der Waals surface area contributed by atoms with Crippen LogP contribution in [0.5, 0.6) is 11.5 Å². The minimum Gasteiger partial charge on any atom is -0.493 e. The molecule has 1 aromatic carbocycles. The molecule has 27 heavy (non-hydrogen) atoms. The van der Waals surface area contributed by atoms with Crippen LogP contribution in [0, 0.1) is 5.92 Å². The van der Waals surface area contributed by atoms with E-state index in [0.717, 1.165) is 23.6 Å². The van der Waals surface area contributed by atoms with E-state index < -0.39 is 0 Å². The summed E-state index contributed by atoms with van der Waals surface area (Å²) < 4.78 is 11.2. The van der Waals surface area contributed by atoms with Gasteiger partial charge >= 0.3 is 0 Å². The highest BCUT2D eigenvalue weighted by atomic mass is 32.2. The first-order valence-electron chi connectivity index (χ1n) is 9.64. The Balaban J connectivity index is 1.74. The average molecular weight is 389 g/mol. The van der Waals surface area contributed by atoms with Gasteiger partial charge in [-0.3, -0.25) is 9.79 Å². The number of thioether (sulfide) groups is 1. The lowest BCUT2D eigenvalue weighted by Gasteiger charge is -2.17. The third kappa shape index (κ3) is 5.51. The zero-order chi connectivity index (χ0) is 19.2. The van der Waals surface area contributed by atoms with Crippen LogP contribution in [0.3, 0.4) is 0 Å². The molecule has 1 saturated heterocycles. The van der Waals surface area contributed by atoms with Crippen molar-refractivity contribution in [3.8, 4) is 11.5 Å². The molecule has 1 heterocycles. The maximum Gasteiger partial charge on any atom is 0.264 e. The SMILES string of the molecule is COc1ccc(C=C2SC(=NC3CCCCC3)NC2=O)cc1OCC(C)C. The van der Waals surface area contributed by atoms with Crippen molar-refractivity contribution in [1.29, 1.82) is 0 Å². The van der Waals surface area contributed by atoms with Crippen molar-refractivity contribution in [2.45, 2.75) is 52.0 Å². The minimum atomic E-state index is -0.0879. The van der Waals surface area contributed by atoms with Crippen molar-refractivity contribution in [3.05, 3.63) is 28.7 Å². The standard InChI is InChI=1S/C21H28N2O3S/c1-14(2)13-26-18-11-15(9-10-17(18)25-3)12-19-20(24)23-21(27-19)22-16-7-5-4-6-8-16/h9-12,14,16H,4-8,13H2,1-3H3,(H,22,23,24). The van der Waals surface area contributed by atoms with Crippen molar-refractivity contribution in [2.75, 3.05) is 13.7 Å². The quantitative estimate of drug-likeness (QED) is 0.722. The third-order valence-electron chi connectivity index (χ3n) is 4.58. The number of nitrogens with one attached hydrogen (secondary N) is 1. The third-order valence-corrected chi connectivity index (χ3v) is 5.51. The second-order valence-electron chi connectivity index (χ2n) is 7.41. The lowest BCUT2D eigenvalue weighted by atomic mass is 9.96. The number of hydrogen-bond acceptors (Lipinski definition) is 5. The Hall–Kier alpha value is -1.95. The Labute approximate surface area is 165 Å². The molecule has 1 aliphatic carbocycles. The largest absolute Gasteiger partial charge is 0.493 e. The molecule has 1 aromatic rings. The van der Waals surface area contributed by atoms with Crippen LogP contribution in [-0.4, -0.2) is 30.8 Å². The van der Waals surface area contributed by atoms with E-state index in [1.165, 1.54) is 31.0 Å². The van der Waals surface area contributed by atoms with E-state index in [1.807, 2.05) is 24.3 Å². The van der Waals surface area contributed by atoms with Crippen LogP contribution >= 0.6 is 11.8 Å². The van der Waals surface area contributed by atoms with Crippen LogP contribution in [0.4, 0.5) is 0 Å². The number of ether oxygens (including phenoxy) is 2. The number of methoxy groups -OCH3 is 1. The number of carbonyl (C=O) groups is 1. The fourth-order valence-electron chi connectivity index (χ4n) is 3.17. The van der Waals surface area contributed by atoms with E-state index in [0.29, 0.717) is 35.0 Å². The molecule has 2 aliphatic rings. The van der Waals surface area contributed by atoms with Gasteiger partial charge in [-0.25, -0.2) is 0 Å². The predicted octanol–water partition coefficient (Wildman–Crippen LogP) is 4.62. The summed E-state index contributed by atoms with van der Waals surface area (Å²) in [6.45, 7) is 4.82. The van der Waals surface area contributed by atoms with Gasteiger partial charge in [-0.2, -0.15) is 0 Å². The van der Waals surface area contributed by atoms with Crippen molar-refractivity contribution < 1.29 is 14.3 Å². The molecule has 1 amide bonds. The van der Waals surface area contributed by atoms with Gasteiger partial charge in [-0.15, -0.1) is 0 Å². The molecular formula is C21H28N2O3S. The zero-order valence-electron chi connectivity index (χ0n) is 16.3. The molecule has 2 fully saturated rings. The molecule has 0 bridgehead atoms. The molecule has 1 N–H and O–H groups in total. The number of nitrogens with zero attached hydrogens (tertiary/aromatic N) is 1. The molecule has 1 aliphatic heterocycles. The molecule has 0 radical (unpaired) electrons. The van der Waals surface area contributed by atoms with Crippen LogP contribution in [-0.2, 0) is 4.79 Å². The predicted molar refractivity (Wildman–Crippen MR) is 111 cm³/mol. The first-order chi connectivity index (χ1) is 13.0. The lowest BCUT2D eigenvalue weighted by Crippen LogP contribution is -2.22. The van der Waals surface area contributed by atoms with Crippen molar-refractivity contribution in [3.63, 3.8) is 0 Å². The van der Waals surface area contributed by atoms with E-state index in [9.17, 15) is 4.79 Å². The molecule has 0 spiro atoms. The maximum absolute atomic E-state index is 12.3. The van der Waals surface area contributed by atoms with Crippen molar-refractivity contribution in [1.82, 2.24) is 5.32 Å². The monoisotopic (exact) mass is 388 g/mol.